The second-order valence-corrected chi connectivity index (χ2v) is 4.59. The largest absolute Gasteiger partial charge is 0.313 e. The van der Waals surface area contributed by atoms with Crippen molar-refractivity contribution >= 4 is 11.6 Å². The zero-order chi connectivity index (χ0) is 13.0. The van der Waals surface area contributed by atoms with Crippen LogP contribution in [0.3, 0.4) is 0 Å². The maximum Gasteiger partial charge on any atom is 0.228 e. The first-order valence-electron chi connectivity index (χ1n) is 6.50. The normalized spacial score (nSPS) is 18.9. The lowest BCUT2D eigenvalue weighted by Gasteiger charge is -2.23. The highest BCUT2D eigenvalue weighted by Crippen LogP contribution is 2.20. The molecule has 1 saturated heterocycles. The SMILES string of the molecule is CCN(C(=O)CC1CCCN1)c1ccccc1F. The summed E-state index contributed by atoms with van der Waals surface area (Å²) in [5, 5.41) is 3.29. The van der Waals surface area contributed by atoms with E-state index in [-0.39, 0.29) is 17.8 Å². The van der Waals surface area contributed by atoms with E-state index in [4.69, 9.17) is 0 Å². The minimum Gasteiger partial charge on any atom is -0.313 e. The summed E-state index contributed by atoms with van der Waals surface area (Å²) >= 11 is 0. The third-order valence-electron chi connectivity index (χ3n) is 3.34. The average molecular weight is 250 g/mol. The minimum absolute atomic E-state index is 0.0120. The molecule has 3 nitrogen and oxygen atoms in total. The molecule has 1 N–H and O–H groups in total. The van der Waals surface area contributed by atoms with Crippen LogP contribution in [0.2, 0.25) is 0 Å². The maximum atomic E-state index is 13.7. The van der Waals surface area contributed by atoms with Gasteiger partial charge in [-0.25, -0.2) is 4.39 Å². The lowest BCUT2D eigenvalue weighted by Crippen LogP contribution is -2.36. The number of nitrogens with one attached hydrogen (secondary N) is 1. The molecule has 4 heteroatoms. The number of halogens is 1. The molecule has 1 aliphatic heterocycles. The maximum absolute atomic E-state index is 13.7. The fraction of sp³-hybridized carbons (Fsp3) is 0.500. The molecule has 0 aliphatic carbocycles. The standard InChI is InChI=1S/C14H19FN2O/c1-2-17(13-8-4-3-7-12(13)15)14(18)10-11-6-5-9-16-11/h3-4,7-8,11,16H,2,5-6,9-10H2,1H3. The van der Waals surface area contributed by atoms with Gasteiger partial charge in [0.1, 0.15) is 5.82 Å². The molecule has 1 amide bonds. The fourth-order valence-electron chi connectivity index (χ4n) is 2.40. The number of amides is 1. The summed E-state index contributed by atoms with van der Waals surface area (Å²) in [7, 11) is 0. The predicted molar refractivity (Wildman–Crippen MR) is 70.1 cm³/mol. The number of para-hydroxylation sites is 1. The molecule has 2 rings (SSSR count). The Hall–Kier alpha value is -1.42. The van der Waals surface area contributed by atoms with Gasteiger partial charge in [-0.05, 0) is 38.4 Å². The Balaban J connectivity index is 2.08. The first kappa shape index (κ1) is 13.0. The summed E-state index contributed by atoms with van der Waals surface area (Å²) in [6, 6.07) is 6.67. The Morgan fingerprint density at radius 3 is 2.89 bits per heavy atom. The fourth-order valence-corrected chi connectivity index (χ4v) is 2.40. The number of rotatable bonds is 4. The van der Waals surface area contributed by atoms with Crippen molar-refractivity contribution in [2.24, 2.45) is 0 Å². The zero-order valence-corrected chi connectivity index (χ0v) is 10.7. The second kappa shape index (κ2) is 5.96. The Morgan fingerprint density at radius 2 is 2.28 bits per heavy atom. The van der Waals surface area contributed by atoms with Gasteiger partial charge in [-0.15, -0.1) is 0 Å². The summed E-state index contributed by atoms with van der Waals surface area (Å²) < 4.78 is 13.7. The number of hydrogen-bond acceptors (Lipinski definition) is 2. The molecule has 1 unspecified atom stereocenters. The topological polar surface area (TPSA) is 32.3 Å². The van der Waals surface area contributed by atoms with Crippen molar-refractivity contribution in [2.45, 2.75) is 32.2 Å². The van der Waals surface area contributed by atoms with Crippen LogP contribution in [0, 0.1) is 5.82 Å². The van der Waals surface area contributed by atoms with Crippen LogP contribution in [0.15, 0.2) is 24.3 Å². The lowest BCUT2D eigenvalue weighted by atomic mass is 10.1. The molecule has 0 radical (unpaired) electrons. The van der Waals surface area contributed by atoms with Gasteiger partial charge in [0.15, 0.2) is 0 Å². The zero-order valence-electron chi connectivity index (χ0n) is 10.7. The summed E-state index contributed by atoms with van der Waals surface area (Å²) in [4.78, 5) is 13.7. The van der Waals surface area contributed by atoms with Crippen LogP contribution in [-0.4, -0.2) is 25.0 Å². The van der Waals surface area contributed by atoms with Crippen LogP contribution in [0.1, 0.15) is 26.2 Å². The molecule has 1 heterocycles. The van der Waals surface area contributed by atoms with Crippen LogP contribution in [0.4, 0.5) is 10.1 Å². The molecule has 0 spiro atoms. The van der Waals surface area contributed by atoms with E-state index in [1.807, 2.05) is 6.92 Å². The van der Waals surface area contributed by atoms with Gasteiger partial charge in [-0.1, -0.05) is 12.1 Å². The number of benzene rings is 1. The van der Waals surface area contributed by atoms with E-state index in [2.05, 4.69) is 5.32 Å². The molecule has 0 bridgehead atoms. The number of anilines is 1. The Kier molecular flexibility index (Phi) is 4.31. The molecule has 1 aliphatic rings. The summed E-state index contributed by atoms with van der Waals surface area (Å²) in [5.41, 5.74) is 0.378. The van der Waals surface area contributed by atoms with Crippen molar-refractivity contribution in [1.82, 2.24) is 5.32 Å². The van der Waals surface area contributed by atoms with E-state index < -0.39 is 0 Å². The molecule has 1 aromatic carbocycles. The van der Waals surface area contributed by atoms with Crippen LogP contribution >= 0.6 is 0 Å². The quantitative estimate of drug-likeness (QED) is 0.889. The Labute approximate surface area is 107 Å². The Bertz CT molecular complexity index is 416. The van der Waals surface area contributed by atoms with E-state index in [9.17, 15) is 9.18 Å². The predicted octanol–water partition coefficient (Wildman–Crippen LogP) is 2.32. The smallest absolute Gasteiger partial charge is 0.228 e. The van der Waals surface area contributed by atoms with Crippen LogP contribution in [0.5, 0.6) is 0 Å². The molecule has 1 fully saturated rings. The van der Waals surface area contributed by atoms with Gasteiger partial charge < -0.3 is 10.2 Å². The highest BCUT2D eigenvalue weighted by atomic mass is 19.1. The molecule has 1 aromatic rings. The minimum atomic E-state index is -0.341. The van der Waals surface area contributed by atoms with Gasteiger partial charge >= 0.3 is 0 Å². The van der Waals surface area contributed by atoms with Crippen molar-refractivity contribution in [2.75, 3.05) is 18.0 Å². The first-order chi connectivity index (χ1) is 8.72. The van der Waals surface area contributed by atoms with Gasteiger partial charge in [0, 0.05) is 19.0 Å². The van der Waals surface area contributed by atoms with E-state index in [0.717, 1.165) is 19.4 Å². The molecule has 0 aromatic heterocycles. The van der Waals surface area contributed by atoms with Gasteiger partial charge in [0.2, 0.25) is 5.91 Å². The summed E-state index contributed by atoms with van der Waals surface area (Å²) in [5.74, 6) is -0.353. The number of nitrogens with zero attached hydrogens (tertiary/aromatic N) is 1. The van der Waals surface area contributed by atoms with Gasteiger partial charge in [-0.3, -0.25) is 4.79 Å². The molecular weight excluding hydrogens is 231 g/mol. The molecule has 98 valence electrons. The van der Waals surface area contributed by atoms with Crippen molar-refractivity contribution in [3.8, 4) is 0 Å². The number of carbonyl (C=O) groups excluding carboxylic acids is 1. The number of carbonyl (C=O) groups is 1. The molecule has 1 atom stereocenters. The van der Waals surface area contributed by atoms with Crippen LogP contribution in [0.25, 0.3) is 0 Å². The Morgan fingerprint density at radius 1 is 1.50 bits per heavy atom. The van der Waals surface area contributed by atoms with E-state index >= 15 is 0 Å². The lowest BCUT2D eigenvalue weighted by molar-refractivity contribution is -0.119. The van der Waals surface area contributed by atoms with Gasteiger partial charge in [-0.2, -0.15) is 0 Å². The first-order valence-corrected chi connectivity index (χ1v) is 6.50. The molecule has 18 heavy (non-hydrogen) atoms. The van der Waals surface area contributed by atoms with Crippen molar-refractivity contribution in [1.29, 1.82) is 0 Å². The highest BCUT2D eigenvalue weighted by molar-refractivity contribution is 5.93. The van der Waals surface area contributed by atoms with Gasteiger partial charge in [0.25, 0.3) is 0 Å². The molecular formula is C14H19FN2O. The van der Waals surface area contributed by atoms with E-state index in [1.54, 1.807) is 18.2 Å². The van der Waals surface area contributed by atoms with E-state index in [0.29, 0.717) is 18.7 Å². The van der Waals surface area contributed by atoms with Crippen molar-refractivity contribution in [3.05, 3.63) is 30.1 Å². The van der Waals surface area contributed by atoms with Crippen LogP contribution < -0.4 is 10.2 Å². The van der Waals surface area contributed by atoms with E-state index in [1.165, 1.54) is 11.0 Å². The van der Waals surface area contributed by atoms with Gasteiger partial charge in [0.05, 0.1) is 5.69 Å². The van der Waals surface area contributed by atoms with Crippen molar-refractivity contribution < 1.29 is 9.18 Å². The van der Waals surface area contributed by atoms with Crippen LogP contribution in [-0.2, 0) is 4.79 Å². The van der Waals surface area contributed by atoms with Crippen molar-refractivity contribution in [3.63, 3.8) is 0 Å². The highest BCUT2D eigenvalue weighted by Gasteiger charge is 2.22. The third kappa shape index (κ3) is 2.88. The average Bonchev–Trinajstić information content (AvgIpc) is 2.85. The second-order valence-electron chi connectivity index (χ2n) is 4.59. The summed E-state index contributed by atoms with van der Waals surface area (Å²) in [6.07, 6.45) is 2.59. The summed E-state index contributed by atoms with van der Waals surface area (Å²) in [6.45, 7) is 3.34. The number of hydrogen-bond donors (Lipinski definition) is 1. The molecule has 0 saturated carbocycles. The third-order valence-corrected chi connectivity index (χ3v) is 3.34. The monoisotopic (exact) mass is 250 g/mol.